The van der Waals surface area contributed by atoms with Crippen LogP contribution >= 0.6 is 35.7 Å². The summed E-state index contributed by atoms with van der Waals surface area (Å²) in [5.41, 5.74) is 0. The molecule has 0 aromatic heterocycles. The first-order chi connectivity index (χ1) is 8.86. The number of aliphatic imine (C=N–C) groups is 1. The molecule has 1 saturated heterocycles. The highest BCUT2D eigenvalue weighted by molar-refractivity contribution is 14.0. The van der Waals surface area contributed by atoms with Gasteiger partial charge in [0.1, 0.15) is 0 Å². The molecule has 0 spiro atoms. The van der Waals surface area contributed by atoms with Crippen LogP contribution in [-0.2, 0) is 4.74 Å². The minimum absolute atomic E-state index is 0. The third kappa shape index (κ3) is 9.79. The van der Waals surface area contributed by atoms with Crippen LogP contribution in [0, 0.1) is 0 Å². The zero-order valence-electron chi connectivity index (χ0n) is 12.1. The number of rotatable bonds is 8. The minimum atomic E-state index is 0. The van der Waals surface area contributed by atoms with Crippen molar-refractivity contribution in [2.75, 3.05) is 39.1 Å². The monoisotopic (exact) mass is 401 g/mol. The van der Waals surface area contributed by atoms with Crippen molar-refractivity contribution in [3.05, 3.63) is 0 Å². The Kier molecular flexibility index (Phi) is 13.5. The number of hydrogen-bond acceptors (Lipinski definition) is 3. The van der Waals surface area contributed by atoms with E-state index in [2.05, 4.69) is 34.3 Å². The summed E-state index contributed by atoms with van der Waals surface area (Å²) in [5, 5.41) is 7.40. The van der Waals surface area contributed by atoms with E-state index in [0.29, 0.717) is 0 Å². The van der Waals surface area contributed by atoms with E-state index < -0.39 is 0 Å². The van der Waals surface area contributed by atoms with Crippen LogP contribution in [0.1, 0.15) is 32.6 Å². The summed E-state index contributed by atoms with van der Waals surface area (Å²) in [5.74, 6) is 2.20. The molecule has 6 heteroatoms. The van der Waals surface area contributed by atoms with Crippen LogP contribution in [0.3, 0.4) is 0 Å². The second-order valence-corrected chi connectivity index (χ2v) is 5.89. The number of nitrogens with zero attached hydrogens (tertiary/aromatic N) is 1. The van der Waals surface area contributed by atoms with Gasteiger partial charge in [0.25, 0.3) is 0 Å². The van der Waals surface area contributed by atoms with Crippen molar-refractivity contribution in [2.24, 2.45) is 4.99 Å². The first kappa shape index (κ1) is 19.3. The Hall–Kier alpha value is 0.310. The lowest BCUT2D eigenvalue weighted by Gasteiger charge is -2.14. The van der Waals surface area contributed by atoms with Crippen molar-refractivity contribution < 1.29 is 4.74 Å². The SMILES string of the molecule is CCCCOCCNC(=NC)NCC1CCCS1.I. The van der Waals surface area contributed by atoms with Gasteiger partial charge < -0.3 is 15.4 Å². The molecule has 0 saturated carbocycles. The maximum atomic E-state index is 5.50. The highest BCUT2D eigenvalue weighted by Crippen LogP contribution is 2.25. The number of halogens is 1. The van der Waals surface area contributed by atoms with Gasteiger partial charge >= 0.3 is 0 Å². The number of ether oxygens (including phenoxy) is 1. The van der Waals surface area contributed by atoms with Gasteiger partial charge in [-0.1, -0.05) is 13.3 Å². The summed E-state index contributed by atoms with van der Waals surface area (Å²) in [7, 11) is 1.81. The molecule has 1 aliphatic heterocycles. The van der Waals surface area contributed by atoms with E-state index in [9.17, 15) is 0 Å². The summed E-state index contributed by atoms with van der Waals surface area (Å²) in [6, 6.07) is 0. The van der Waals surface area contributed by atoms with E-state index in [1.165, 1.54) is 25.0 Å². The number of hydrogen-bond donors (Lipinski definition) is 2. The molecule has 1 fully saturated rings. The van der Waals surface area contributed by atoms with Crippen molar-refractivity contribution in [1.29, 1.82) is 0 Å². The van der Waals surface area contributed by atoms with E-state index in [1.54, 1.807) is 0 Å². The summed E-state index contributed by atoms with van der Waals surface area (Å²) < 4.78 is 5.50. The quantitative estimate of drug-likeness (QED) is 0.284. The highest BCUT2D eigenvalue weighted by atomic mass is 127. The normalized spacial score (nSPS) is 19.1. The molecule has 1 atom stereocenters. The number of guanidine groups is 1. The molecule has 0 aromatic rings. The Morgan fingerprint density at radius 2 is 2.21 bits per heavy atom. The largest absolute Gasteiger partial charge is 0.380 e. The Morgan fingerprint density at radius 1 is 1.37 bits per heavy atom. The number of nitrogens with one attached hydrogen (secondary N) is 2. The van der Waals surface area contributed by atoms with E-state index >= 15 is 0 Å². The van der Waals surface area contributed by atoms with Crippen LogP contribution in [0.15, 0.2) is 4.99 Å². The third-order valence-electron chi connectivity index (χ3n) is 2.93. The molecule has 2 N–H and O–H groups in total. The summed E-state index contributed by atoms with van der Waals surface area (Å²) >= 11 is 2.06. The van der Waals surface area contributed by atoms with Crippen LogP contribution in [0.5, 0.6) is 0 Å². The van der Waals surface area contributed by atoms with Crippen LogP contribution in [0.25, 0.3) is 0 Å². The van der Waals surface area contributed by atoms with Crippen molar-refractivity contribution >= 4 is 41.7 Å². The van der Waals surface area contributed by atoms with Gasteiger partial charge in [-0.25, -0.2) is 0 Å². The molecule has 1 unspecified atom stereocenters. The van der Waals surface area contributed by atoms with Crippen LogP contribution < -0.4 is 10.6 Å². The molecule has 114 valence electrons. The van der Waals surface area contributed by atoms with Crippen molar-refractivity contribution in [2.45, 2.75) is 37.9 Å². The number of unbranched alkanes of at least 4 members (excludes halogenated alkanes) is 1. The Balaban J connectivity index is 0.00000324. The highest BCUT2D eigenvalue weighted by Gasteiger charge is 2.15. The van der Waals surface area contributed by atoms with Gasteiger partial charge in [0.2, 0.25) is 0 Å². The van der Waals surface area contributed by atoms with E-state index in [4.69, 9.17) is 4.74 Å². The summed E-state index contributed by atoms with van der Waals surface area (Å²) in [6.45, 7) is 5.62. The topological polar surface area (TPSA) is 45.6 Å². The second-order valence-electron chi connectivity index (χ2n) is 4.48. The zero-order valence-corrected chi connectivity index (χ0v) is 15.3. The molecule has 0 amide bonds. The lowest BCUT2D eigenvalue weighted by atomic mass is 10.2. The van der Waals surface area contributed by atoms with Crippen LogP contribution in [0.4, 0.5) is 0 Å². The molecular formula is C13H28IN3OS. The van der Waals surface area contributed by atoms with Crippen molar-refractivity contribution in [3.63, 3.8) is 0 Å². The van der Waals surface area contributed by atoms with Gasteiger partial charge in [0.05, 0.1) is 6.61 Å². The molecule has 1 aliphatic rings. The average molecular weight is 401 g/mol. The molecular weight excluding hydrogens is 373 g/mol. The smallest absolute Gasteiger partial charge is 0.191 e. The van der Waals surface area contributed by atoms with E-state index in [1.807, 2.05) is 7.05 Å². The molecule has 0 aromatic carbocycles. The van der Waals surface area contributed by atoms with Crippen LogP contribution in [0.2, 0.25) is 0 Å². The first-order valence-corrected chi connectivity index (χ1v) is 8.05. The predicted octanol–water partition coefficient (Wildman–Crippen LogP) is 2.48. The fraction of sp³-hybridized carbons (Fsp3) is 0.923. The van der Waals surface area contributed by atoms with Gasteiger partial charge in [-0.15, -0.1) is 24.0 Å². The van der Waals surface area contributed by atoms with Gasteiger partial charge in [0.15, 0.2) is 5.96 Å². The maximum absolute atomic E-state index is 5.50. The van der Waals surface area contributed by atoms with Gasteiger partial charge in [-0.05, 0) is 25.0 Å². The third-order valence-corrected chi connectivity index (χ3v) is 4.32. The Labute approximate surface area is 138 Å². The average Bonchev–Trinajstić information content (AvgIpc) is 2.90. The Morgan fingerprint density at radius 3 is 2.84 bits per heavy atom. The van der Waals surface area contributed by atoms with Crippen molar-refractivity contribution in [1.82, 2.24) is 10.6 Å². The van der Waals surface area contributed by atoms with Crippen molar-refractivity contribution in [3.8, 4) is 0 Å². The van der Waals surface area contributed by atoms with Crippen LogP contribution in [-0.4, -0.2) is 50.3 Å². The number of thioether (sulfide) groups is 1. The van der Waals surface area contributed by atoms with Gasteiger partial charge in [-0.3, -0.25) is 4.99 Å². The zero-order chi connectivity index (χ0) is 13.1. The summed E-state index contributed by atoms with van der Waals surface area (Å²) in [4.78, 5) is 4.21. The molecule has 1 rings (SSSR count). The molecule has 0 bridgehead atoms. The van der Waals surface area contributed by atoms with E-state index in [0.717, 1.165) is 43.9 Å². The maximum Gasteiger partial charge on any atom is 0.191 e. The molecule has 0 radical (unpaired) electrons. The summed E-state index contributed by atoms with van der Waals surface area (Å²) in [6.07, 6.45) is 5.02. The molecule has 19 heavy (non-hydrogen) atoms. The fourth-order valence-corrected chi connectivity index (χ4v) is 3.03. The minimum Gasteiger partial charge on any atom is -0.380 e. The van der Waals surface area contributed by atoms with Gasteiger partial charge in [-0.2, -0.15) is 11.8 Å². The molecule has 4 nitrogen and oxygen atoms in total. The Bertz CT molecular complexity index is 236. The molecule has 1 heterocycles. The van der Waals surface area contributed by atoms with E-state index in [-0.39, 0.29) is 24.0 Å². The molecule has 0 aliphatic carbocycles. The fourth-order valence-electron chi connectivity index (χ4n) is 1.83. The lowest BCUT2D eigenvalue weighted by Crippen LogP contribution is -2.41. The second kappa shape index (κ2) is 13.3. The lowest BCUT2D eigenvalue weighted by molar-refractivity contribution is 0.136. The predicted molar refractivity (Wildman–Crippen MR) is 96.0 cm³/mol. The van der Waals surface area contributed by atoms with Gasteiger partial charge in [0, 0.05) is 32.0 Å². The standard InChI is InChI=1S/C13H27N3OS.HI/c1-3-4-8-17-9-7-15-13(14-2)16-11-12-6-5-10-18-12;/h12H,3-11H2,1-2H3,(H2,14,15,16);1H. The first-order valence-electron chi connectivity index (χ1n) is 7.00.